The van der Waals surface area contributed by atoms with Gasteiger partial charge in [-0.15, -0.1) is 12.4 Å². The Hall–Kier alpha value is -1.11. The van der Waals surface area contributed by atoms with Crippen LogP contribution in [0.4, 0.5) is 5.82 Å². The van der Waals surface area contributed by atoms with E-state index in [1.807, 2.05) is 7.05 Å². The summed E-state index contributed by atoms with van der Waals surface area (Å²) in [7, 11) is 2.00. The summed E-state index contributed by atoms with van der Waals surface area (Å²) in [5.74, 6) is 2.04. The Balaban J connectivity index is 0.00000242. The maximum Gasteiger partial charge on any atom is 0.226 e. The van der Waals surface area contributed by atoms with E-state index in [9.17, 15) is 4.79 Å². The maximum absolute atomic E-state index is 11.8. The highest BCUT2D eigenvalue weighted by Gasteiger charge is 2.19. The van der Waals surface area contributed by atoms with Gasteiger partial charge in [-0.1, -0.05) is 5.16 Å². The van der Waals surface area contributed by atoms with Crippen molar-refractivity contribution in [3.05, 3.63) is 11.8 Å². The van der Waals surface area contributed by atoms with Gasteiger partial charge in [0.15, 0.2) is 5.82 Å². The van der Waals surface area contributed by atoms with E-state index in [0.717, 1.165) is 32.1 Å². The number of rotatable bonds is 7. The number of hydrogen-bond acceptors (Lipinski definition) is 5. The molecule has 2 heterocycles. The number of amides is 1. The highest BCUT2D eigenvalue weighted by atomic mass is 35.5. The molecule has 0 aromatic carbocycles. The highest BCUT2D eigenvalue weighted by molar-refractivity contribution is 5.89. The summed E-state index contributed by atoms with van der Waals surface area (Å²) in [6, 6.07) is 1.73. The van der Waals surface area contributed by atoms with Crippen LogP contribution in [0.2, 0.25) is 0 Å². The summed E-state index contributed by atoms with van der Waals surface area (Å²) >= 11 is 0. The van der Waals surface area contributed by atoms with Gasteiger partial charge < -0.3 is 20.1 Å². The summed E-state index contributed by atoms with van der Waals surface area (Å²) < 4.78 is 4.92. The Kier molecular flexibility index (Phi) is 8.45. The molecular formula is C15H27ClN4O2. The molecule has 7 heteroatoms. The first-order valence-corrected chi connectivity index (χ1v) is 7.77. The van der Waals surface area contributed by atoms with Crippen molar-refractivity contribution in [3.8, 4) is 0 Å². The first kappa shape index (κ1) is 18.9. The Labute approximate surface area is 138 Å². The lowest BCUT2D eigenvalue weighted by Crippen LogP contribution is -2.36. The first-order chi connectivity index (χ1) is 10.2. The standard InChI is InChI=1S/C15H26N4O2.ClH/c1-12-11-14(18-21-12)17-15(20)6-10-19-8-4-13(5-9-19)3-7-16-2;/h11,13,16H,3-10H2,1-2H3,(H,17,18,20);1H. The SMILES string of the molecule is CNCCC1CCN(CCC(=O)Nc2cc(C)on2)CC1.Cl. The van der Waals surface area contributed by atoms with Crippen LogP contribution in [-0.2, 0) is 4.79 Å². The number of carbonyl (C=O) groups is 1. The molecule has 126 valence electrons. The second kappa shape index (κ2) is 9.82. The van der Waals surface area contributed by atoms with Gasteiger partial charge in [-0.3, -0.25) is 4.79 Å². The van der Waals surface area contributed by atoms with E-state index >= 15 is 0 Å². The van der Waals surface area contributed by atoms with E-state index in [2.05, 4.69) is 20.7 Å². The number of hydrogen-bond donors (Lipinski definition) is 2. The van der Waals surface area contributed by atoms with Gasteiger partial charge in [-0.2, -0.15) is 0 Å². The van der Waals surface area contributed by atoms with Crippen molar-refractivity contribution in [2.45, 2.75) is 32.6 Å². The van der Waals surface area contributed by atoms with Gasteiger partial charge in [0.1, 0.15) is 5.76 Å². The molecule has 1 aliphatic heterocycles. The van der Waals surface area contributed by atoms with Gasteiger partial charge in [0.2, 0.25) is 5.91 Å². The molecule has 0 atom stereocenters. The molecule has 2 N–H and O–H groups in total. The number of nitrogens with zero attached hydrogens (tertiary/aromatic N) is 2. The van der Waals surface area contributed by atoms with Gasteiger partial charge in [-0.05, 0) is 58.8 Å². The van der Waals surface area contributed by atoms with Gasteiger partial charge in [0, 0.05) is 19.0 Å². The predicted molar refractivity (Wildman–Crippen MR) is 89.4 cm³/mol. The molecule has 0 bridgehead atoms. The second-order valence-electron chi connectivity index (χ2n) is 5.80. The van der Waals surface area contributed by atoms with E-state index in [0.29, 0.717) is 18.0 Å². The zero-order valence-corrected chi connectivity index (χ0v) is 14.2. The van der Waals surface area contributed by atoms with E-state index in [1.54, 1.807) is 13.0 Å². The minimum Gasteiger partial charge on any atom is -0.360 e. The number of carbonyl (C=O) groups excluding carboxylic acids is 1. The fourth-order valence-corrected chi connectivity index (χ4v) is 2.74. The van der Waals surface area contributed by atoms with Crippen molar-refractivity contribution in [1.29, 1.82) is 0 Å². The van der Waals surface area contributed by atoms with Crippen LogP contribution in [0.3, 0.4) is 0 Å². The smallest absolute Gasteiger partial charge is 0.226 e. The average Bonchev–Trinajstić information content (AvgIpc) is 2.89. The average molecular weight is 331 g/mol. The van der Waals surface area contributed by atoms with Gasteiger partial charge in [-0.25, -0.2) is 0 Å². The minimum absolute atomic E-state index is 0. The largest absolute Gasteiger partial charge is 0.360 e. The molecule has 0 saturated carbocycles. The van der Waals surface area contributed by atoms with E-state index < -0.39 is 0 Å². The van der Waals surface area contributed by atoms with Crippen LogP contribution in [0.15, 0.2) is 10.6 Å². The minimum atomic E-state index is 0. The zero-order chi connectivity index (χ0) is 15.1. The van der Waals surface area contributed by atoms with Crippen LogP contribution in [0.25, 0.3) is 0 Å². The van der Waals surface area contributed by atoms with Gasteiger partial charge in [0.05, 0.1) is 0 Å². The van der Waals surface area contributed by atoms with Gasteiger partial charge >= 0.3 is 0 Å². The van der Waals surface area contributed by atoms with Crippen LogP contribution >= 0.6 is 12.4 Å². The summed E-state index contributed by atoms with van der Waals surface area (Å²) in [5, 5.41) is 9.73. The van der Waals surface area contributed by atoms with Crippen LogP contribution in [0.1, 0.15) is 31.4 Å². The maximum atomic E-state index is 11.8. The van der Waals surface area contributed by atoms with Crippen molar-refractivity contribution >= 4 is 24.1 Å². The quantitative estimate of drug-likeness (QED) is 0.800. The molecule has 0 radical (unpaired) electrons. The number of likely N-dealkylation sites (tertiary alicyclic amines) is 1. The third-order valence-electron chi connectivity index (χ3n) is 4.06. The Morgan fingerprint density at radius 3 is 2.77 bits per heavy atom. The van der Waals surface area contributed by atoms with Crippen molar-refractivity contribution < 1.29 is 9.32 Å². The van der Waals surface area contributed by atoms with E-state index in [1.165, 1.54) is 19.3 Å². The third kappa shape index (κ3) is 6.34. The fourth-order valence-electron chi connectivity index (χ4n) is 2.74. The number of aryl methyl sites for hydroxylation is 1. The highest BCUT2D eigenvalue weighted by Crippen LogP contribution is 2.20. The molecule has 0 aliphatic carbocycles. The summed E-state index contributed by atoms with van der Waals surface area (Å²) in [4.78, 5) is 14.2. The molecule has 1 amide bonds. The van der Waals surface area contributed by atoms with Crippen LogP contribution < -0.4 is 10.6 Å². The van der Waals surface area contributed by atoms with Crippen LogP contribution in [-0.4, -0.2) is 49.2 Å². The number of halogens is 1. The number of piperidine rings is 1. The molecule has 1 aliphatic rings. The molecule has 1 aromatic heterocycles. The first-order valence-electron chi connectivity index (χ1n) is 7.77. The number of anilines is 1. The monoisotopic (exact) mass is 330 g/mol. The number of aromatic nitrogens is 1. The molecule has 0 unspecified atom stereocenters. The van der Waals surface area contributed by atoms with Crippen molar-refractivity contribution in [2.75, 3.05) is 38.5 Å². The summed E-state index contributed by atoms with van der Waals surface area (Å²) in [5.41, 5.74) is 0. The third-order valence-corrected chi connectivity index (χ3v) is 4.06. The van der Waals surface area contributed by atoms with Crippen molar-refractivity contribution in [2.24, 2.45) is 5.92 Å². The van der Waals surface area contributed by atoms with Gasteiger partial charge in [0.25, 0.3) is 0 Å². The lowest BCUT2D eigenvalue weighted by atomic mass is 9.93. The van der Waals surface area contributed by atoms with Crippen molar-refractivity contribution in [1.82, 2.24) is 15.4 Å². The molecule has 2 rings (SSSR count). The predicted octanol–water partition coefficient (Wildman–Crippen LogP) is 2.05. The summed E-state index contributed by atoms with van der Waals surface area (Å²) in [6.07, 6.45) is 4.25. The molecular weight excluding hydrogens is 304 g/mol. The Bertz CT molecular complexity index is 445. The topological polar surface area (TPSA) is 70.4 Å². The molecule has 1 fully saturated rings. The zero-order valence-electron chi connectivity index (χ0n) is 13.4. The lowest BCUT2D eigenvalue weighted by molar-refractivity contribution is -0.116. The number of nitrogens with one attached hydrogen (secondary N) is 2. The molecule has 1 aromatic rings. The normalized spacial score (nSPS) is 16.3. The Morgan fingerprint density at radius 2 is 2.18 bits per heavy atom. The van der Waals surface area contributed by atoms with E-state index in [4.69, 9.17) is 4.52 Å². The molecule has 6 nitrogen and oxygen atoms in total. The lowest BCUT2D eigenvalue weighted by Gasteiger charge is -2.31. The molecule has 22 heavy (non-hydrogen) atoms. The second-order valence-corrected chi connectivity index (χ2v) is 5.80. The van der Waals surface area contributed by atoms with E-state index in [-0.39, 0.29) is 18.3 Å². The fraction of sp³-hybridized carbons (Fsp3) is 0.733. The van der Waals surface area contributed by atoms with Crippen LogP contribution in [0, 0.1) is 12.8 Å². The Morgan fingerprint density at radius 1 is 1.45 bits per heavy atom. The summed E-state index contributed by atoms with van der Waals surface area (Å²) in [6.45, 7) is 5.93. The van der Waals surface area contributed by atoms with Crippen LogP contribution in [0.5, 0.6) is 0 Å². The molecule has 0 spiro atoms. The van der Waals surface area contributed by atoms with Crippen molar-refractivity contribution in [3.63, 3.8) is 0 Å². The molecule has 1 saturated heterocycles.